The second-order valence-electron chi connectivity index (χ2n) is 9.69. The standard InChI is InChI=1S/C26H23N3O2S2/c1-12-5-6-20-15(7-12)16-8-13(2)9-18-21(16)29(20)24-19(26(18,3)4)11-14(33-24)10-17-22(30)27-25(32)28-23(17)31/h5-9,11,17H,10H2,1-4H3,(H2,27,28,30,31,32). The van der Waals surface area contributed by atoms with Crippen molar-refractivity contribution in [3.8, 4) is 5.00 Å². The van der Waals surface area contributed by atoms with Gasteiger partial charge in [-0.2, -0.15) is 0 Å². The third-order valence-electron chi connectivity index (χ3n) is 6.99. The van der Waals surface area contributed by atoms with E-state index in [1.165, 1.54) is 49.1 Å². The van der Waals surface area contributed by atoms with Crippen LogP contribution in [0, 0.1) is 19.8 Å². The van der Waals surface area contributed by atoms with Crippen LogP contribution in [0.4, 0.5) is 0 Å². The summed E-state index contributed by atoms with van der Waals surface area (Å²) >= 11 is 6.61. The van der Waals surface area contributed by atoms with Crippen molar-refractivity contribution in [1.29, 1.82) is 0 Å². The van der Waals surface area contributed by atoms with Crippen LogP contribution in [0.25, 0.3) is 26.8 Å². The van der Waals surface area contributed by atoms with Crippen LogP contribution in [0.1, 0.15) is 41.0 Å². The Morgan fingerprint density at radius 3 is 2.39 bits per heavy atom. The van der Waals surface area contributed by atoms with E-state index in [1.54, 1.807) is 11.3 Å². The highest BCUT2D eigenvalue weighted by Gasteiger charge is 2.39. The highest BCUT2D eigenvalue weighted by atomic mass is 32.1. The first kappa shape index (κ1) is 20.6. The molecule has 4 aromatic rings. The van der Waals surface area contributed by atoms with Crippen molar-refractivity contribution < 1.29 is 9.59 Å². The molecule has 2 aliphatic heterocycles. The van der Waals surface area contributed by atoms with Crippen molar-refractivity contribution in [2.75, 3.05) is 0 Å². The Labute approximate surface area is 200 Å². The molecule has 1 fully saturated rings. The Balaban J connectivity index is 1.58. The minimum Gasteiger partial charge on any atom is -0.302 e. The van der Waals surface area contributed by atoms with E-state index in [0.29, 0.717) is 6.42 Å². The van der Waals surface area contributed by atoms with Gasteiger partial charge in [0.15, 0.2) is 5.11 Å². The maximum absolute atomic E-state index is 12.5. The third kappa shape index (κ3) is 2.85. The van der Waals surface area contributed by atoms with Gasteiger partial charge in [-0.15, -0.1) is 11.3 Å². The maximum Gasteiger partial charge on any atom is 0.239 e. The summed E-state index contributed by atoms with van der Waals surface area (Å²) in [6.07, 6.45) is 0.352. The summed E-state index contributed by atoms with van der Waals surface area (Å²) in [5, 5.41) is 8.94. The van der Waals surface area contributed by atoms with E-state index in [1.807, 2.05) is 0 Å². The number of nitrogens with zero attached hydrogens (tertiary/aromatic N) is 1. The molecule has 0 atom stereocenters. The SMILES string of the molecule is Cc1ccc2c(c1)c1cc(C)cc3c1n2-c1sc(CC2C(=O)NC(=S)NC2=O)cc1C3(C)C. The lowest BCUT2D eigenvalue weighted by atomic mass is 9.76. The number of fused-ring (bicyclic) bond motifs is 5. The van der Waals surface area contributed by atoms with Crippen molar-refractivity contribution in [3.63, 3.8) is 0 Å². The van der Waals surface area contributed by atoms with Gasteiger partial charge in [-0.25, -0.2) is 0 Å². The molecule has 2 N–H and O–H groups in total. The van der Waals surface area contributed by atoms with Crippen molar-refractivity contribution in [3.05, 3.63) is 63.5 Å². The molecular weight excluding hydrogens is 450 g/mol. The molecule has 0 radical (unpaired) electrons. The van der Waals surface area contributed by atoms with Gasteiger partial charge in [-0.05, 0) is 61.5 Å². The van der Waals surface area contributed by atoms with Crippen LogP contribution in [-0.2, 0) is 21.4 Å². The predicted octanol–water partition coefficient (Wildman–Crippen LogP) is 4.79. The van der Waals surface area contributed by atoms with Crippen molar-refractivity contribution in [2.24, 2.45) is 5.92 Å². The molecule has 7 heteroatoms. The van der Waals surface area contributed by atoms with Gasteiger partial charge in [0.05, 0.1) is 11.0 Å². The van der Waals surface area contributed by atoms with Gasteiger partial charge < -0.3 is 15.2 Å². The van der Waals surface area contributed by atoms with Crippen molar-refractivity contribution >= 4 is 62.3 Å². The van der Waals surface area contributed by atoms with E-state index in [0.717, 1.165) is 4.88 Å². The van der Waals surface area contributed by atoms with Crippen LogP contribution in [0.3, 0.4) is 0 Å². The molecule has 2 aliphatic rings. The van der Waals surface area contributed by atoms with Gasteiger partial charge >= 0.3 is 0 Å². The molecule has 6 rings (SSSR count). The summed E-state index contributed by atoms with van der Waals surface area (Å²) in [6, 6.07) is 13.4. The van der Waals surface area contributed by atoms with Crippen molar-refractivity contribution in [1.82, 2.24) is 15.2 Å². The molecule has 0 bridgehead atoms. The molecule has 4 heterocycles. The summed E-state index contributed by atoms with van der Waals surface area (Å²) in [5.74, 6) is -1.45. The quantitative estimate of drug-likeness (QED) is 0.325. The highest BCUT2D eigenvalue weighted by Crippen LogP contribution is 2.50. The molecule has 33 heavy (non-hydrogen) atoms. The van der Waals surface area contributed by atoms with Gasteiger partial charge in [0.2, 0.25) is 11.8 Å². The number of aryl methyl sites for hydroxylation is 2. The molecule has 5 nitrogen and oxygen atoms in total. The van der Waals surface area contributed by atoms with E-state index in [2.05, 4.69) is 79.3 Å². The molecule has 1 saturated heterocycles. The maximum atomic E-state index is 12.5. The third-order valence-corrected chi connectivity index (χ3v) is 8.33. The molecule has 2 amide bonds. The molecule has 2 aromatic carbocycles. The second-order valence-corrected chi connectivity index (χ2v) is 11.2. The average molecular weight is 474 g/mol. The number of thiophene rings is 1. The number of hydrogen-bond acceptors (Lipinski definition) is 4. The molecule has 0 unspecified atom stereocenters. The fourth-order valence-electron chi connectivity index (χ4n) is 5.32. The van der Waals surface area contributed by atoms with Gasteiger partial charge in [0.25, 0.3) is 0 Å². The molecule has 0 spiro atoms. The largest absolute Gasteiger partial charge is 0.302 e. The van der Waals surface area contributed by atoms with Gasteiger partial charge in [0.1, 0.15) is 10.9 Å². The summed E-state index contributed by atoms with van der Waals surface area (Å²) in [6.45, 7) is 8.82. The summed E-state index contributed by atoms with van der Waals surface area (Å²) in [7, 11) is 0. The first-order valence-electron chi connectivity index (χ1n) is 11.0. The summed E-state index contributed by atoms with van der Waals surface area (Å²) in [4.78, 5) is 25.9. The Morgan fingerprint density at radius 1 is 0.970 bits per heavy atom. The molecule has 166 valence electrons. The summed E-state index contributed by atoms with van der Waals surface area (Å²) < 4.78 is 2.38. The Bertz CT molecular complexity index is 1540. The fraction of sp³-hybridized carbons (Fsp3) is 0.269. The number of carbonyl (C=O) groups excluding carboxylic acids is 2. The van der Waals surface area contributed by atoms with E-state index in [4.69, 9.17) is 12.2 Å². The van der Waals surface area contributed by atoms with Gasteiger partial charge in [-0.3, -0.25) is 9.59 Å². The fourth-order valence-corrected chi connectivity index (χ4v) is 6.90. The monoisotopic (exact) mass is 473 g/mol. The molecule has 0 saturated carbocycles. The number of amides is 2. The smallest absolute Gasteiger partial charge is 0.239 e. The lowest BCUT2D eigenvalue weighted by Gasteiger charge is -2.32. The number of benzene rings is 2. The normalized spacial score (nSPS) is 17.4. The number of rotatable bonds is 2. The first-order valence-corrected chi connectivity index (χ1v) is 12.2. The molecular formula is C26H23N3O2S2. The molecule has 0 aliphatic carbocycles. The van der Waals surface area contributed by atoms with Crippen LogP contribution < -0.4 is 10.6 Å². The Kier molecular flexibility index (Phi) is 4.20. The Morgan fingerprint density at radius 2 is 1.67 bits per heavy atom. The number of hydrogen-bond donors (Lipinski definition) is 2. The lowest BCUT2D eigenvalue weighted by Crippen LogP contribution is -2.56. The number of thiocarbonyl (C=S) groups is 1. The Hall–Kier alpha value is -3.03. The number of nitrogens with one attached hydrogen (secondary N) is 2. The predicted molar refractivity (Wildman–Crippen MR) is 136 cm³/mol. The number of aromatic nitrogens is 1. The molecule has 2 aromatic heterocycles. The van der Waals surface area contributed by atoms with Crippen LogP contribution in [0.2, 0.25) is 0 Å². The van der Waals surface area contributed by atoms with Crippen LogP contribution in [0.5, 0.6) is 0 Å². The van der Waals surface area contributed by atoms with Crippen LogP contribution in [-0.4, -0.2) is 21.5 Å². The summed E-state index contributed by atoms with van der Waals surface area (Å²) in [5.41, 5.74) is 7.26. The van der Waals surface area contributed by atoms with Crippen LogP contribution >= 0.6 is 23.6 Å². The average Bonchev–Trinajstić information content (AvgIpc) is 3.29. The zero-order valence-corrected chi connectivity index (χ0v) is 20.5. The first-order chi connectivity index (χ1) is 15.6. The van der Waals surface area contributed by atoms with Crippen LogP contribution in [0.15, 0.2) is 36.4 Å². The minimum atomic E-state index is -0.784. The second kappa shape index (κ2) is 6.74. The van der Waals surface area contributed by atoms with E-state index >= 15 is 0 Å². The van der Waals surface area contributed by atoms with E-state index in [9.17, 15) is 9.59 Å². The number of carbonyl (C=O) groups is 2. The highest BCUT2D eigenvalue weighted by molar-refractivity contribution is 7.80. The zero-order chi connectivity index (χ0) is 23.2. The topological polar surface area (TPSA) is 63.1 Å². The van der Waals surface area contributed by atoms with Gasteiger partial charge in [0, 0.05) is 27.5 Å². The lowest BCUT2D eigenvalue weighted by molar-refractivity contribution is -0.135. The van der Waals surface area contributed by atoms with Gasteiger partial charge in [-0.1, -0.05) is 37.1 Å². The van der Waals surface area contributed by atoms with E-state index < -0.39 is 5.92 Å². The van der Waals surface area contributed by atoms with E-state index in [-0.39, 0.29) is 22.3 Å². The zero-order valence-electron chi connectivity index (χ0n) is 18.8. The minimum absolute atomic E-state index is 0.0789. The van der Waals surface area contributed by atoms with Crippen molar-refractivity contribution in [2.45, 2.75) is 39.5 Å².